The van der Waals surface area contributed by atoms with Crippen LogP contribution in [0.25, 0.3) is 0 Å². The number of alkyl halides is 2. The molecule has 3 aromatic rings. The first-order valence-corrected chi connectivity index (χ1v) is 19.7. The molecule has 2 amide bonds. The number of anilines is 1. The summed E-state index contributed by atoms with van der Waals surface area (Å²) in [6, 6.07) is 8.07. The Bertz CT molecular complexity index is 2010. The molecule has 54 heavy (non-hydrogen) atoms. The van der Waals surface area contributed by atoms with Gasteiger partial charge >= 0.3 is 12.6 Å². The van der Waals surface area contributed by atoms with E-state index < -0.39 is 47.1 Å². The first-order valence-electron chi connectivity index (χ1n) is 17.1. The van der Waals surface area contributed by atoms with Gasteiger partial charge in [-0.05, 0) is 54.7 Å². The summed E-state index contributed by atoms with van der Waals surface area (Å²) in [6.07, 6.45) is 3.55. The predicted octanol–water partition coefficient (Wildman–Crippen LogP) is 3.81. The molecule has 3 heterocycles. The highest BCUT2D eigenvalue weighted by Gasteiger charge is 2.39. The van der Waals surface area contributed by atoms with Crippen molar-refractivity contribution in [3.63, 3.8) is 0 Å². The molecule has 0 radical (unpaired) electrons. The van der Waals surface area contributed by atoms with Gasteiger partial charge in [-0.3, -0.25) is 28.5 Å². The smallest absolute Gasteiger partial charge is 0.387 e. The number of sulfonamides is 1. The van der Waals surface area contributed by atoms with Gasteiger partial charge in [-0.15, -0.1) is 0 Å². The van der Waals surface area contributed by atoms with Gasteiger partial charge in [0, 0.05) is 51.3 Å². The molecule has 2 aliphatic heterocycles. The normalized spacial score (nSPS) is 16.7. The number of fused-ring (bicyclic) bond motifs is 1. The van der Waals surface area contributed by atoms with E-state index >= 15 is 0 Å². The molecule has 1 N–H and O–H groups in total. The van der Waals surface area contributed by atoms with Crippen molar-refractivity contribution in [2.45, 2.75) is 32.0 Å². The van der Waals surface area contributed by atoms with Gasteiger partial charge < -0.3 is 24.7 Å². The van der Waals surface area contributed by atoms with Gasteiger partial charge in [-0.25, -0.2) is 8.42 Å². The zero-order valence-electron chi connectivity index (χ0n) is 29.0. The number of nitrogens with one attached hydrogen (secondary N) is 1. The summed E-state index contributed by atoms with van der Waals surface area (Å²) in [5.74, 6) is -2.68. The van der Waals surface area contributed by atoms with Crippen LogP contribution in [0, 0.1) is 11.1 Å². The third kappa shape index (κ3) is 9.49. The second-order valence-corrected chi connectivity index (χ2v) is 15.9. The van der Waals surface area contributed by atoms with Gasteiger partial charge in [-0.1, -0.05) is 29.3 Å². The first-order chi connectivity index (χ1) is 25.7. The molecule has 19 heteroatoms. The summed E-state index contributed by atoms with van der Waals surface area (Å²) >= 11 is 12.7. The number of carbonyl (C=O) groups excluding carboxylic acids is 3. The lowest BCUT2D eigenvalue weighted by atomic mass is 10.0. The molecule has 0 spiro atoms. The number of rotatable bonds is 16. The minimum atomic E-state index is -3.78. The molecule has 3 aliphatic rings. The lowest BCUT2D eigenvalue weighted by Gasteiger charge is -2.30. The van der Waals surface area contributed by atoms with Crippen LogP contribution in [0.15, 0.2) is 48.8 Å². The van der Waals surface area contributed by atoms with E-state index in [9.17, 15) is 36.8 Å². The van der Waals surface area contributed by atoms with E-state index in [1.165, 1.54) is 40.7 Å². The third-order valence-electron chi connectivity index (χ3n) is 9.21. The molecule has 1 saturated heterocycles. The van der Waals surface area contributed by atoms with Gasteiger partial charge in [0.25, 0.3) is 11.8 Å². The van der Waals surface area contributed by atoms with Crippen molar-refractivity contribution in [2.24, 2.45) is 5.92 Å². The van der Waals surface area contributed by atoms with E-state index in [4.69, 9.17) is 32.7 Å². The number of esters is 1. The van der Waals surface area contributed by atoms with Gasteiger partial charge in [0.2, 0.25) is 10.0 Å². The van der Waals surface area contributed by atoms with Crippen molar-refractivity contribution in [3.05, 3.63) is 86.3 Å². The Morgan fingerprint density at radius 3 is 2.37 bits per heavy atom. The summed E-state index contributed by atoms with van der Waals surface area (Å²) < 4.78 is 69.9. The van der Waals surface area contributed by atoms with E-state index in [2.05, 4.69) is 15.0 Å². The quantitative estimate of drug-likeness (QED) is 0.0970. The Hall–Kier alpha value is -4.29. The molecule has 0 bridgehead atoms. The zero-order chi connectivity index (χ0) is 38.7. The molecule has 1 saturated carbocycles. The lowest BCUT2D eigenvalue weighted by Crippen LogP contribution is -2.47. The highest BCUT2D eigenvalue weighted by molar-refractivity contribution is 7.92. The monoisotopic (exact) mass is 811 g/mol. The molecule has 14 nitrogen and oxygen atoms in total. The second-order valence-electron chi connectivity index (χ2n) is 13.2. The van der Waals surface area contributed by atoms with Crippen molar-refractivity contribution in [2.75, 3.05) is 63.0 Å². The minimum absolute atomic E-state index is 0.0236. The number of hydrogen-bond donors (Lipinski definition) is 1. The van der Waals surface area contributed by atoms with Gasteiger partial charge in [0.1, 0.15) is 22.7 Å². The van der Waals surface area contributed by atoms with E-state index in [0.29, 0.717) is 16.2 Å². The Morgan fingerprint density at radius 2 is 1.72 bits per heavy atom. The fourth-order valence-corrected chi connectivity index (χ4v) is 7.73. The first kappa shape index (κ1) is 39.4. The Morgan fingerprint density at radius 1 is 1.04 bits per heavy atom. The van der Waals surface area contributed by atoms with Crippen molar-refractivity contribution >= 4 is 56.7 Å². The van der Waals surface area contributed by atoms with Gasteiger partial charge in [0.05, 0.1) is 29.7 Å². The lowest BCUT2D eigenvalue weighted by molar-refractivity contribution is -0.605. The summed E-state index contributed by atoms with van der Waals surface area (Å²) in [5.41, 5.74) is 0.544. The molecule has 290 valence electrons. The number of hydrogen-bond acceptors (Lipinski definition) is 11. The molecule has 1 aliphatic carbocycles. The molecule has 2 fully saturated rings. The van der Waals surface area contributed by atoms with Crippen molar-refractivity contribution in [1.82, 2.24) is 15.1 Å². The van der Waals surface area contributed by atoms with Crippen molar-refractivity contribution in [3.8, 4) is 11.5 Å². The standard InChI is InChI=1S/C35H37Cl2F2N5O9S/c1-54(49,50)44(13-12-41-10-8-40-9-11-41)23-5-6-24-25(15-23)34(47)43(33(24)46)19-32(45)52-30(16-26-27(36)17-42(48)18-28(26)37)22-4-7-29(53-35(38)39)31(14-22)51-20-21-2-3-21/h4-7,14-15,17-18,21,30,35,40H,2-3,8-13,16,19-20H2,1H3/t30-/m0/s1. The predicted molar refractivity (Wildman–Crippen MR) is 193 cm³/mol. The minimum Gasteiger partial charge on any atom is -0.619 e. The van der Waals surface area contributed by atoms with Crippen LogP contribution in [0.1, 0.15) is 50.8 Å². The Balaban J connectivity index is 1.23. The van der Waals surface area contributed by atoms with E-state index in [-0.39, 0.29) is 75.0 Å². The summed E-state index contributed by atoms with van der Waals surface area (Å²) in [4.78, 5) is 43.4. The van der Waals surface area contributed by atoms with E-state index in [0.717, 1.165) is 57.7 Å². The summed E-state index contributed by atoms with van der Waals surface area (Å²) in [7, 11) is -3.78. The Labute approximate surface area is 320 Å². The maximum Gasteiger partial charge on any atom is 0.387 e. The van der Waals surface area contributed by atoms with Crippen LogP contribution in [0.2, 0.25) is 10.0 Å². The maximum absolute atomic E-state index is 13.6. The van der Waals surface area contributed by atoms with Crippen LogP contribution in [0.4, 0.5) is 14.5 Å². The summed E-state index contributed by atoms with van der Waals surface area (Å²) in [6.45, 7) is -0.106. The molecule has 6 rings (SSSR count). The number of piperazine rings is 1. The topological polar surface area (TPSA) is 162 Å². The SMILES string of the molecule is CS(=O)(=O)N(CCN1CCNCC1)c1ccc2c(c1)C(=O)N(CC(=O)O[C@@H](Cc1c(Cl)c[n+]([O-])cc1Cl)c1ccc(OC(F)F)c(OCC3CC3)c1)C2=O. The fourth-order valence-electron chi connectivity index (χ4n) is 6.22. The number of benzene rings is 2. The average molecular weight is 813 g/mol. The number of halogens is 4. The maximum atomic E-state index is 13.6. The van der Waals surface area contributed by atoms with Crippen molar-refractivity contribution in [1.29, 1.82) is 0 Å². The van der Waals surface area contributed by atoms with Crippen LogP contribution < -0.4 is 23.8 Å². The number of ether oxygens (including phenoxy) is 3. The highest BCUT2D eigenvalue weighted by atomic mass is 35.5. The Kier molecular flexibility index (Phi) is 12.1. The molecule has 2 aromatic carbocycles. The number of carbonyl (C=O) groups is 3. The largest absolute Gasteiger partial charge is 0.619 e. The molecule has 1 aromatic heterocycles. The number of pyridine rings is 1. The molecule has 1 atom stereocenters. The van der Waals surface area contributed by atoms with Crippen LogP contribution in [0.3, 0.4) is 0 Å². The van der Waals surface area contributed by atoms with Gasteiger partial charge in [-0.2, -0.15) is 13.5 Å². The number of aromatic nitrogens is 1. The number of nitrogens with zero attached hydrogens (tertiary/aromatic N) is 4. The summed E-state index contributed by atoms with van der Waals surface area (Å²) in [5, 5.41) is 15.1. The molecular weight excluding hydrogens is 775 g/mol. The van der Waals surface area contributed by atoms with Crippen LogP contribution in [-0.2, 0) is 26.0 Å². The second kappa shape index (κ2) is 16.6. The fraction of sp³-hybridized carbons (Fsp3) is 0.429. The average Bonchev–Trinajstić information content (AvgIpc) is 3.91. The zero-order valence-corrected chi connectivity index (χ0v) is 31.3. The van der Waals surface area contributed by atoms with Crippen molar-refractivity contribution < 1.29 is 50.5 Å². The van der Waals surface area contributed by atoms with Crippen LogP contribution >= 0.6 is 23.2 Å². The van der Waals surface area contributed by atoms with Crippen LogP contribution in [-0.4, -0.2) is 101 Å². The number of amides is 2. The molecular formula is C35H37Cl2F2N5O9S. The molecule has 0 unspecified atom stereocenters. The van der Waals surface area contributed by atoms with E-state index in [1.54, 1.807) is 0 Å². The van der Waals surface area contributed by atoms with Gasteiger partial charge in [0.15, 0.2) is 23.9 Å². The highest BCUT2D eigenvalue weighted by Crippen LogP contribution is 2.38. The number of imide groups is 1. The third-order valence-corrected chi connectivity index (χ3v) is 11.1. The van der Waals surface area contributed by atoms with E-state index in [1.807, 2.05) is 0 Å². The van der Waals surface area contributed by atoms with Crippen LogP contribution in [0.5, 0.6) is 11.5 Å².